The molecule has 20 heavy (non-hydrogen) atoms. The van der Waals surface area contributed by atoms with Crippen LogP contribution in [0.1, 0.15) is 12.8 Å². The van der Waals surface area contributed by atoms with Crippen molar-refractivity contribution in [2.75, 3.05) is 23.4 Å². The smallest absolute Gasteiger partial charge is 0.328 e. The van der Waals surface area contributed by atoms with Crippen molar-refractivity contribution in [1.82, 2.24) is 24.7 Å². The lowest BCUT2D eigenvalue weighted by atomic mass is 10.4. The summed E-state index contributed by atoms with van der Waals surface area (Å²) in [4.78, 5) is 14.7. The highest BCUT2D eigenvalue weighted by Crippen LogP contribution is 2.22. The number of aryl methyl sites for hydroxylation is 1. The van der Waals surface area contributed by atoms with E-state index in [1.165, 1.54) is 0 Å². The lowest BCUT2D eigenvalue weighted by Crippen LogP contribution is -2.22. The highest BCUT2D eigenvalue weighted by molar-refractivity contribution is 5.39. The molecule has 1 saturated heterocycles. The van der Waals surface area contributed by atoms with Crippen molar-refractivity contribution in [2.45, 2.75) is 12.8 Å². The van der Waals surface area contributed by atoms with E-state index in [9.17, 15) is 0 Å². The molecule has 0 unspecified atom stereocenters. The Balaban J connectivity index is 1.87. The van der Waals surface area contributed by atoms with Gasteiger partial charge in [0.1, 0.15) is 0 Å². The molecule has 2 aromatic heterocycles. The number of aromatic nitrogens is 5. The molecule has 0 aromatic carbocycles. The molecular formula is C11H16N8O. The van der Waals surface area contributed by atoms with E-state index in [4.69, 9.17) is 10.6 Å². The van der Waals surface area contributed by atoms with Crippen LogP contribution in [0.25, 0.3) is 0 Å². The first-order valence-electron chi connectivity index (χ1n) is 6.39. The van der Waals surface area contributed by atoms with Crippen molar-refractivity contribution < 1.29 is 4.74 Å². The Hall–Kier alpha value is -2.42. The van der Waals surface area contributed by atoms with Crippen LogP contribution < -0.4 is 20.9 Å². The number of anilines is 2. The van der Waals surface area contributed by atoms with Crippen LogP contribution in [0.2, 0.25) is 0 Å². The molecular weight excluding hydrogens is 260 g/mol. The Morgan fingerprint density at radius 1 is 1.25 bits per heavy atom. The third kappa shape index (κ3) is 2.62. The van der Waals surface area contributed by atoms with Crippen LogP contribution in [0.4, 0.5) is 11.9 Å². The molecule has 1 aliphatic heterocycles. The average molecular weight is 276 g/mol. The molecule has 3 N–H and O–H groups in total. The molecule has 9 nitrogen and oxygen atoms in total. The molecule has 0 saturated carbocycles. The predicted octanol–water partition coefficient (Wildman–Crippen LogP) is 0.283. The first kappa shape index (κ1) is 12.6. The standard InChI is InChI=1S/C11H16N8O/c1-18-7-8(6-13-18)20-11-15-9(17-12)14-10(16-11)19-4-2-3-5-19/h6-7H,2-5,12H2,1H3,(H,14,15,16,17). The molecule has 9 heteroatoms. The first-order chi connectivity index (χ1) is 9.74. The zero-order chi connectivity index (χ0) is 13.9. The monoisotopic (exact) mass is 276 g/mol. The fourth-order valence-corrected chi connectivity index (χ4v) is 2.07. The van der Waals surface area contributed by atoms with Gasteiger partial charge in [0, 0.05) is 20.1 Å². The topological polar surface area (TPSA) is 107 Å². The highest BCUT2D eigenvalue weighted by Gasteiger charge is 2.18. The van der Waals surface area contributed by atoms with E-state index >= 15 is 0 Å². The number of nitrogens with zero attached hydrogens (tertiary/aromatic N) is 6. The van der Waals surface area contributed by atoms with Gasteiger partial charge in [0.05, 0.1) is 12.4 Å². The molecule has 0 spiro atoms. The van der Waals surface area contributed by atoms with Crippen LogP contribution in [0.5, 0.6) is 11.8 Å². The summed E-state index contributed by atoms with van der Waals surface area (Å²) in [7, 11) is 1.81. The van der Waals surface area contributed by atoms with Gasteiger partial charge in [-0.3, -0.25) is 10.1 Å². The van der Waals surface area contributed by atoms with Gasteiger partial charge < -0.3 is 9.64 Å². The Morgan fingerprint density at radius 2 is 2.05 bits per heavy atom. The van der Waals surface area contributed by atoms with Crippen LogP contribution in [0, 0.1) is 0 Å². The number of nitrogens with two attached hydrogens (primary N) is 1. The summed E-state index contributed by atoms with van der Waals surface area (Å²) in [6.45, 7) is 1.86. The van der Waals surface area contributed by atoms with Gasteiger partial charge in [0.15, 0.2) is 5.75 Å². The van der Waals surface area contributed by atoms with E-state index in [1.54, 1.807) is 17.1 Å². The molecule has 1 fully saturated rings. The molecule has 0 bridgehead atoms. The third-order valence-electron chi connectivity index (χ3n) is 3.01. The van der Waals surface area contributed by atoms with E-state index in [2.05, 4.69) is 30.4 Å². The molecule has 0 atom stereocenters. The van der Waals surface area contributed by atoms with Gasteiger partial charge in [0.25, 0.3) is 0 Å². The largest absolute Gasteiger partial charge is 0.421 e. The lowest BCUT2D eigenvalue weighted by Gasteiger charge is -2.15. The van der Waals surface area contributed by atoms with Crippen molar-refractivity contribution in [2.24, 2.45) is 12.9 Å². The van der Waals surface area contributed by atoms with Crippen LogP contribution in [0.3, 0.4) is 0 Å². The van der Waals surface area contributed by atoms with Gasteiger partial charge in [0.2, 0.25) is 11.9 Å². The molecule has 0 aliphatic carbocycles. The second-order valence-electron chi connectivity index (χ2n) is 4.53. The minimum atomic E-state index is 0.197. The number of hydrazine groups is 1. The Bertz CT molecular complexity index is 592. The molecule has 1 aliphatic rings. The number of hydrogen-bond donors (Lipinski definition) is 2. The summed E-state index contributed by atoms with van der Waals surface area (Å²) in [5.74, 6) is 6.81. The summed E-state index contributed by atoms with van der Waals surface area (Å²) in [6, 6.07) is 0.197. The minimum absolute atomic E-state index is 0.197. The molecule has 0 amide bonds. The highest BCUT2D eigenvalue weighted by atomic mass is 16.5. The second kappa shape index (κ2) is 5.29. The van der Waals surface area contributed by atoms with Crippen molar-refractivity contribution >= 4 is 11.9 Å². The van der Waals surface area contributed by atoms with Gasteiger partial charge in [-0.15, -0.1) is 0 Å². The van der Waals surface area contributed by atoms with Gasteiger partial charge in [-0.1, -0.05) is 0 Å². The van der Waals surface area contributed by atoms with E-state index in [1.807, 2.05) is 7.05 Å². The molecule has 0 radical (unpaired) electrons. The Kier molecular flexibility index (Phi) is 3.33. The Labute approximate surface area is 115 Å². The second-order valence-corrected chi connectivity index (χ2v) is 4.53. The van der Waals surface area contributed by atoms with Crippen molar-refractivity contribution in [1.29, 1.82) is 0 Å². The van der Waals surface area contributed by atoms with Crippen LogP contribution >= 0.6 is 0 Å². The summed E-state index contributed by atoms with van der Waals surface area (Å²) in [5, 5.41) is 4.03. The lowest BCUT2D eigenvalue weighted by molar-refractivity contribution is 0.439. The fraction of sp³-hybridized carbons (Fsp3) is 0.455. The summed E-state index contributed by atoms with van der Waals surface area (Å²) in [6.07, 6.45) is 5.59. The summed E-state index contributed by atoms with van der Waals surface area (Å²) in [5.41, 5.74) is 2.43. The molecule has 3 heterocycles. The van der Waals surface area contributed by atoms with E-state index in [0.717, 1.165) is 25.9 Å². The van der Waals surface area contributed by atoms with E-state index in [-0.39, 0.29) is 12.0 Å². The maximum absolute atomic E-state index is 5.57. The van der Waals surface area contributed by atoms with Gasteiger partial charge in [-0.2, -0.15) is 20.1 Å². The number of ether oxygens (including phenoxy) is 1. The average Bonchev–Trinajstić information content (AvgIpc) is 3.10. The fourth-order valence-electron chi connectivity index (χ4n) is 2.07. The maximum Gasteiger partial charge on any atom is 0.328 e. The van der Waals surface area contributed by atoms with Gasteiger partial charge in [-0.05, 0) is 12.8 Å². The number of nitrogen functional groups attached to an aromatic ring is 1. The van der Waals surface area contributed by atoms with Crippen LogP contribution in [0.15, 0.2) is 12.4 Å². The predicted molar refractivity (Wildman–Crippen MR) is 72.4 cm³/mol. The van der Waals surface area contributed by atoms with Gasteiger partial charge in [-0.25, -0.2) is 5.84 Å². The number of hydrogen-bond acceptors (Lipinski definition) is 8. The van der Waals surface area contributed by atoms with Crippen molar-refractivity contribution in [3.05, 3.63) is 12.4 Å². The first-order valence-corrected chi connectivity index (χ1v) is 6.39. The van der Waals surface area contributed by atoms with E-state index < -0.39 is 0 Å². The third-order valence-corrected chi connectivity index (χ3v) is 3.01. The number of nitrogens with one attached hydrogen (secondary N) is 1. The molecule has 2 aromatic rings. The van der Waals surface area contributed by atoms with Gasteiger partial charge >= 0.3 is 6.01 Å². The molecule has 3 rings (SSSR count). The zero-order valence-corrected chi connectivity index (χ0v) is 11.2. The zero-order valence-electron chi connectivity index (χ0n) is 11.2. The summed E-state index contributed by atoms with van der Waals surface area (Å²) < 4.78 is 7.21. The van der Waals surface area contributed by atoms with Crippen molar-refractivity contribution in [3.63, 3.8) is 0 Å². The quantitative estimate of drug-likeness (QED) is 0.606. The van der Waals surface area contributed by atoms with Crippen LogP contribution in [-0.4, -0.2) is 37.8 Å². The number of rotatable bonds is 4. The van der Waals surface area contributed by atoms with Crippen molar-refractivity contribution in [3.8, 4) is 11.8 Å². The minimum Gasteiger partial charge on any atom is -0.421 e. The SMILES string of the molecule is Cn1cc(Oc2nc(NN)nc(N3CCCC3)n2)cn1. The summed E-state index contributed by atoms with van der Waals surface area (Å²) >= 11 is 0. The normalized spacial score (nSPS) is 14.6. The molecule has 106 valence electrons. The van der Waals surface area contributed by atoms with Crippen LogP contribution in [-0.2, 0) is 7.05 Å². The van der Waals surface area contributed by atoms with E-state index in [0.29, 0.717) is 11.7 Å². The maximum atomic E-state index is 5.57. The Morgan fingerprint density at radius 3 is 2.70 bits per heavy atom.